The predicted octanol–water partition coefficient (Wildman–Crippen LogP) is 0.777. The molecule has 1 aromatic rings. The zero-order valence-corrected chi connectivity index (χ0v) is 11.8. The van der Waals surface area contributed by atoms with Crippen molar-refractivity contribution in [1.29, 1.82) is 0 Å². The van der Waals surface area contributed by atoms with Crippen molar-refractivity contribution >= 4 is 18.6 Å². The number of halogens is 1. The van der Waals surface area contributed by atoms with Crippen LogP contribution in [0.4, 0.5) is 4.39 Å². The van der Waals surface area contributed by atoms with E-state index < -0.39 is 35.7 Å². The van der Waals surface area contributed by atoms with Crippen LogP contribution < -0.4 is 5.46 Å². The molecule has 0 radical (unpaired) electrons. The zero-order chi connectivity index (χ0) is 15.7. The third kappa shape index (κ3) is 3.56. The van der Waals surface area contributed by atoms with Crippen LogP contribution in [0, 0.1) is 5.82 Å². The van der Waals surface area contributed by atoms with Crippen LogP contribution in [0.1, 0.15) is 38.1 Å². The van der Waals surface area contributed by atoms with E-state index in [0.717, 1.165) is 12.1 Å². The quantitative estimate of drug-likeness (QED) is 0.695. The van der Waals surface area contributed by atoms with Crippen LogP contribution in [0.15, 0.2) is 18.2 Å². The summed E-state index contributed by atoms with van der Waals surface area (Å²) in [5.74, 6) is -2.35. The molecule has 0 saturated carbocycles. The van der Waals surface area contributed by atoms with E-state index in [9.17, 15) is 19.3 Å². The maximum Gasteiger partial charge on any atom is 0.491 e. The number of aliphatic hydroxyl groups is 1. The molecule has 110 valence electrons. The van der Waals surface area contributed by atoms with Gasteiger partial charge in [0.2, 0.25) is 0 Å². The lowest BCUT2D eigenvalue weighted by Crippen LogP contribution is -2.53. The van der Waals surface area contributed by atoms with E-state index in [1.807, 2.05) is 0 Å². The van der Waals surface area contributed by atoms with Gasteiger partial charge in [-0.1, -0.05) is 6.07 Å². The first-order valence-corrected chi connectivity index (χ1v) is 6.07. The molecule has 7 heteroatoms. The summed E-state index contributed by atoms with van der Waals surface area (Å²) in [4.78, 5) is 10.7. The van der Waals surface area contributed by atoms with E-state index in [-0.39, 0.29) is 5.46 Å². The highest BCUT2D eigenvalue weighted by molar-refractivity contribution is 6.60. The van der Waals surface area contributed by atoms with Crippen molar-refractivity contribution in [3.63, 3.8) is 0 Å². The van der Waals surface area contributed by atoms with Gasteiger partial charge in [0.1, 0.15) is 5.82 Å². The number of carboxylic acid groups (broad SMARTS) is 1. The molecule has 0 fully saturated rings. The number of carbonyl (C=O) groups is 1. The third-order valence-corrected chi connectivity index (χ3v) is 3.39. The van der Waals surface area contributed by atoms with E-state index >= 15 is 0 Å². The molecule has 1 aromatic carbocycles. The van der Waals surface area contributed by atoms with Crippen LogP contribution >= 0.6 is 0 Å². The first-order valence-electron chi connectivity index (χ1n) is 6.07. The first-order chi connectivity index (χ1) is 8.95. The zero-order valence-electron chi connectivity index (χ0n) is 11.8. The summed E-state index contributed by atoms with van der Waals surface area (Å²) in [5, 5.41) is 28.6. The van der Waals surface area contributed by atoms with Gasteiger partial charge in [-0.05, 0) is 45.3 Å². The molecule has 0 saturated heterocycles. The monoisotopic (exact) mass is 284 g/mol. The second kappa shape index (κ2) is 5.51. The van der Waals surface area contributed by atoms with E-state index in [1.54, 1.807) is 13.8 Å². The Morgan fingerprint density at radius 2 is 1.85 bits per heavy atom. The van der Waals surface area contributed by atoms with Crippen LogP contribution in [0.5, 0.6) is 0 Å². The van der Waals surface area contributed by atoms with Crippen molar-refractivity contribution in [1.82, 2.24) is 0 Å². The van der Waals surface area contributed by atoms with Crippen molar-refractivity contribution in [3.8, 4) is 0 Å². The highest BCUT2D eigenvalue weighted by Crippen LogP contribution is 2.25. The number of rotatable bonds is 5. The number of carboxylic acids is 1. The molecule has 0 bridgehead atoms. The fourth-order valence-corrected chi connectivity index (χ4v) is 1.35. The van der Waals surface area contributed by atoms with Gasteiger partial charge in [0.05, 0.1) is 16.8 Å². The number of benzene rings is 1. The molecule has 0 unspecified atom stereocenters. The van der Waals surface area contributed by atoms with Crippen molar-refractivity contribution < 1.29 is 29.1 Å². The minimum Gasteiger partial charge on any atom is -0.478 e. The topological polar surface area (TPSA) is 87.0 Å². The SMILES string of the molecule is CC(C)(O)C(C)(C)OB(O)c1ccc(C(=O)O)c(F)c1. The van der Waals surface area contributed by atoms with Gasteiger partial charge in [-0.25, -0.2) is 9.18 Å². The molecular weight excluding hydrogens is 266 g/mol. The highest BCUT2D eigenvalue weighted by Gasteiger charge is 2.39. The standard InChI is InChI=1S/C13H18BFO5/c1-12(2,18)13(3,4)20-14(19)8-5-6-9(11(16)17)10(15)7-8/h5-7,18-19H,1-4H3,(H,16,17). The van der Waals surface area contributed by atoms with Gasteiger partial charge in [-0.3, -0.25) is 0 Å². The first kappa shape index (κ1) is 16.6. The molecule has 1 rings (SSSR count). The average Bonchev–Trinajstić information content (AvgIpc) is 2.25. The lowest BCUT2D eigenvalue weighted by molar-refractivity contribution is -0.0982. The van der Waals surface area contributed by atoms with Crippen LogP contribution in [0.25, 0.3) is 0 Å². The summed E-state index contributed by atoms with van der Waals surface area (Å²) in [5.41, 5.74) is -2.73. The number of hydrogen-bond donors (Lipinski definition) is 3. The van der Waals surface area contributed by atoms with Gasteiger partial charge in [0.25, 0.3) is 0 Å². The summed E-state index contributed by atoms with van der Waals surface area (Å²) in [6.07, 6.45) is 0. The molecule has 0 aliphatic heterocycles. The van der Waals surface area contributed by atoms with E-state index in [0.29, 0.717) is 0 Å². The Kier molecular flexibility index (Phi) is 4.58. The summed E-state index contributed by atoms with van der Waals surface area (Å²) in [6.45, 7) is 6.21. The molecule has 0 atom stereocenters. The molecule has 0 aliphatic rings. The fourth-order valence-electron chi connectivity index (χ4n) is 1.35. The second-order valence-corrected chi connectivity index (χ2v) is 5.58. The second-order valence-electron chi connectivity index (χ2n) is 5.58. The summed E-state index contributed by atoms with van der Waals surface area (Å²) >= 11 is 0. The molecule has 0 aromatic heterocycles. The van der Waals surface area contributed by atoms with Crippen LogP contribution in [-0.4, -0.2) is 39.5 Å². The largest absolute Gasteiger partial charge is 0.491 e. The summed E-state index contributed by atoms with van der Waals surface area (Å²) < 4.78 is 18.9. The smallest absolute Gasteiger partial charge is 0.478 e. The molecule has 0 heterocycles. The molecule has 0 aliphatic carbocycles. The molecular formula is C13H18BFO5. The Hall–Kier alpha value is -1.44. The minimum atomic E-state index is -1.48. The Labute approximate surface area is 117 Å². The van der Waals surface area contributed by atoms with Crippen LogP contribution in [0.3, 0.4) is 0 Å². The Bertz CT molecular complexity index is 510. The maximum absolute atomic E-state index is 13.5. The lowest BCUT2D eigenvalue weighted by atomic mass is 9.76. The van der Waals surface area contributed by atoms with Crippen molar-refractivity contribution in [3.05, 3.63) is 29.6 Å². The van der Waals surface area contributed by atoms with E-state index in [2.05, 4.69) is 0 Å². The van der Waals surface area contributed by atoms with Gasteiger partial charge < -0.3 is 19.9 Å². The van der Waals surface area contributed by atoms with Crippen molar-refractivity contribution in [2.45, 2.75) is 38.9 Å². The highest BCUT2D eigenvalue weighted by atomic mass is 19.1. The third-order valence-electron chi connectivity index (χ3n) is 3.39. The van der Waals surface area contributed by atoms with Crippen LogP contribution in [0.2, 0.25) is 0 Å². The molecule has 20 heavy (non-hydrogen) atoms. The van der Waals surface area contributed by atoms with Crippen LogP contribution in [-0.2, 0) is 4.65 Å². The van der Waals surface area contributed by atoms with Gasteiger partial charge >= 0.3 is 13.1 Å². The predicted molar refractivity (Wildman–Crippen MR) is 72.4 cm³/mol. The number of aromatic carboxylic acids is 1. The maximum atomic E-state index is 13.5. The van der Waals surface area contributed by atoms with E-state index in [4.69, 9.17) is 9.76 Å². The Morgan fingerprint density at radius 1 is 1.30 bits per heavy atom. The Balaban J connectivity index is 2.97. The summed E-state index contributed by atoms with van der Waals surface area (Å²) in [6, 6.07) is 3.21. The lowest BCUT2D eigenvalue weighted by Gasteiger charge is -2.38. The molecule has 0 spiro atoms. The molecule has 3 N–H and O–H groups in total. The summed E-state index contributed by atoms with van der Waals surface area (Å²) in [7, 11) is -1.48. The van der Waals surface area contributed by atoms with Gasteiger partial charge in [0, 0.05) is 0 Å². The van der Waals surface area contributed by atoms with Gasteiger partial charge in [-0.15, -0.1) is 0 Å². The van der Waals surface area contributed by atoms with Crippen molar-refractivity contribution in [2.75, 3.05) is 0 Å². The molecule has 0 amide bonds. The normalized spacial score (nSPS) is 12.3. The van der Waals surface area contributed by atoms with Crippen molar-refractivity contribution in [2.24, 2.45) is 0 Å². The van der Waals surface area contributed by atoms with E-state index in [1.165, 1.54) is 19.9 Å². The number of hydrogen-bond acceptors (Lipinski definition) is 4. The molecule has 5 nitrogen and oxygen atoms in total. The average molecular weight is 284 g/mol. The Morgan fingerprint density at radius 3 is 2.25 bits per heavy atom. The minimum absolute atomic E-state index is 0.0739. The van der Waals surface area contributed by atoms with Gasteiger partial charge in [-0.2, -0.15) is 0 Å². The fraction of sp³-hybridized carbons (Fsp3) is 0.462. The van der Waals surface area contributed by atoms with Gasteiger partial charge in [0.15, 0.2) is 0 Å².